The average molecular weight is 593 g/mol. The van der Waals surface area contributed by atoms with Crippen LogP contribution in [-0.4, -0.2) is 47.8 Å². The van der Waals surface area contributed by atoms with E-state index in [9.17, 15) is 19.4 Å². The topological polar surface area (TPSA) is 131 Å². The van der Waals surface area contributed by atoms with Gasteiger partial charge in [-0.2, -0.15) is 0 Å². The number of nitrogens with one attached hydrogen (secondary N) is 1. The van der Waals surface area contributed by atoms with Crippen molar-refractivity contribution >= 4 is 13.7 Å². The molecule has 9 heteroatoms. The van der Waals surface area contributed by atoms with Gasteiger partial charge in [-0.05, 0) is 12.8 Å². The van der Waals surface area contributed by atoms with E-state index in [-0.39, 0.29) is 25.7 Å². The van der Waals surface area contributed by atoms with Gasteiger partial charge in [-0.3, -0.25) is 13.8 Å². The maximum absolute atomic E-state index is 12.6. The summed E-state index contributed by atoms with van der Waals surface area (Å²) in [5, 5.41) is 13.6. The first-order chi connectivity index (χ1) is 19.4. The summed E-state index contributed by atoms with van der Waals surface area (Å²) in [6.07, 6.45) is 25.3. The van der Waals surface area contributed by atoms with E-state index < -0.39 is 20.0 Å². The zero-order valence-corrected chi connectivity index (χ0v) is 27.0. The maximum atomic E-state index is 12.6. The summed E-state index contributed by atoms with van der Waals surface area (Å²) in [4.78, 5) is 22.4. The number of amides is 1. The average Bonchev–Trinajstić information content (AvgIpc) is 2.93. The first-order valence-electron chi connectivity index (χ1n) is 16.7. The van der Waals surface area contributed by atoms with E-state index in [0.717, 1.165) is 38.5 Å². The number of hydrogen-bond acceptors (Lipinski definition) is 6. The molecule has 1 amide bonds. The van der Waals surface area contributed by atoms with Crippen molar-refractivity contribution in [3.8, 4) is 0 Å². The van der Waals surface area contributed by atoms with Crippen LogP contribution in [0, 0.1) is 0 Å². The van der Waals surface area contributed by atoms with Gasteiger partial charge in [-0.1, -0.05) is 142 Å². The summed E-state index contributed by atoms with van der Waals surface area (Å²) in [6.45, 7) is 4.16. The predicted molar refractivity (Wildman–Crippen MR) is 166 cm³/mol. The van der Waals surface area contributed by atoms with Gasteiger partial charge in [0, 0.05) is 13.0 Å². The van der Waals surface area contributed by atoms with Gasteiger partial charge in [0.15, 0.2) is 0 Å². The molecule has 5 N–H and O–H groups in total. The molecule has 0 saturated heterocycles. The van der Waals surface area contributed by atoms with Gasteiger partial charge in [0.1, 0.15) is 0 Å². The third-order valence-corrected chi connectivity index (χ3v) is 8.45. The lowest BCUT2D eigenvalue weighted by Gasteiger charge is -2.25. The molecule has 0 rings (SSSR count). The predicted octanol–water partition coefficient (Wildman–Crippen LogP) is 7.94. The SMILES string of the molecule is CCCCCCCCCCCCCC(O)C(COP(=O)(O)OCCN)NC(=O)CCCCCCCCCCCC. The Bertz CT molecular complexity index is 610. The van der Waals surface area contributed by atoms with E-state index in [1.165, 1.54) is 96.3 Å². The van der Waals surface area contributed by atoms with Gasteiger partial charge in [0.2, 0.25) is 5.91 Å². The monoisotopic (exact) mass is 592 g/mol. The number of aliphatic hydroxyl groups excluding tert-OH is 1. The fourth-order valence-electron chi connectivity index (χ4n) is 4.90. The van der Waals surface area contributed by atoms with Gasteiger partial charge in [0.25, 0.3) is 0 Å². The lowest BCUT2D eigenvalue weighted by atomic mass is 10.0. The minimum Gasteiger partial charge on any atom is -0.391 e. The second kappa shape index (κ2) is 28.6. The largest absolute Gasteiger partial charge is 0.472 e. The van der Waals surface area contributed by atoms with Crippen molar-refractivity contribution in [2.75, 3.05) is 19.8 Å². The highest BCUT2D eigenvalue weighted by molar-refractivity contribution is 7.47. The molecule has 8 nitrogen and oxygen atoms in total. The fraction of sp³-hybridized carbons (Fsp3) is 0.968. The van der Waals surface area contributed by atoms with Crippen LogP contribution in [0.5, 0.6) is 0 Å². The Morgan fingerprint density at radius 1 is 0.725 bits per heavy atom. The molecule has 0 aliphatic heterocycles. The molecular formula is C31H65N2O6P. The number of carbonyl (C=O) groups excluding carboxylic acids is 1. The molecule has 0 fully saturated rings. The van der Waals surface area contributed by atoms with Gasteiger partial charge in [0.05, 0.1) is 25.4 Å². The van der Waals surface area contributed by atoms with Crippen LogP contribution in [0.3, 0.4) is 0 Å². The number of nitrogens with two attached hydrogens (primary N) is 1. The molecule has 3 unspecified atom stereocenters. The number of rotatable bonds is 31. The Balaban J connectivity index is 4.33. The van der Waals surface area contributed by atoms with E-state index in [0.29, 0.717) is 12.8 Å². The fourth-order valence-corrected chi connectivity index (χ4v) is 5.66. The number of carbonyl (C=O) groups is 1. The zero-order valence-electron chi connectivity index (χ0n) is 26.1. The molecule has 0 saturated carbocycles. The summed E-state index contributed by atoms with van der Waals surface area (Å²) < 4.78 is 22.0. The van der Waals surface area contributed by atoms with Crippen LogP contribution in [0.1, 0.15) is 162 Å². The van der Waals surface area contributed by atoms with Crippen molar-refractivity contribution < 1.29 is 28.4 Å². The van der Waals surface area contributed by atoms with Crippen LogP contribution in [-0.2, 0) is 18.4 Å². The second-order valence-electron chi connectivity index (χ2n) is 11.4. The van der Waals surface area contributed by atoms with Gasteiger partial charge < -0.3 is 21.1 Å². The van der Waals surface area contributed by atoms with E-state index >= 15 is 0 Å². The molecule has 3 atom stereocenters. The molecule has 0 aliphatic rings. The van der Waals surface area contributed by atoms with Crippen molar-refractivity contribution in [2.45, 2.75) is 174 Å². The highest BCUT2D eigenvalue weighted by Crippen LogP contribution is 2.43. The summed E-state index contributed by atoms with van der Waals surface area (Å²) in [6, 6.07) is -0.763. The molecule has 0 spiro atoms. The van der Waals surface area contributed by atoms with Crippen LogP contribution in [0.25, 0.3) is 0 Å². The molecule has 0 aromatic heterocycles. The summed E-state index contributed by atoms with van der Waals surface area (Å²) >= 11 is 0. The van der Waals surface area contributed by atoms with Crippen molar-refractivity contribution in [1.82, 2.24) is 5.32 Å². The highest BCUT2D eigenvalue weighted by atomic mass is 31.2. The Morgan fingerprint density at radius 3 is 1.60 bits per heavy atom. The maximum Gasteiger partial charge on any atom is 0.472 e. The Morgan fingerprint density at radius 2 is 1.15 bits per heavy atom. The Labute approximate surface area is 246 Å². The van der Waals surface area contributed by atoms with Gasteiger partial charge >= 0.3 is 7.82 Å². The molecule has 0 aromatic rings. The van der Waals surface area contributed by atoms with Gasteiger partial charge in [-0.15, -0.1) is 0 Å². The first kappa shape index (κ1) is 39.5. The van der Waals surface area contributed by atoms with Crippen LogP contribution >= 0.6 is 7.82 Å². The third-order valence-electron chi connectivity index (χ3n) is 7.46. The van der Waals surface area contributed by atoms with Gasteiger partial charge in [-0.25, -0.2) is 4.57 Å². The Kier molecular flexibility index (Phi) is 28.3. The molecule has 0 aromatic carbocycles. The summed E-state index contributed by atoms with van der Waals surface area (Å²) in [5.41, 5.74) is 5.34. The molecule has 0 bridgehead atoms. The third kappa shape index (κ3) is 26.4. The minimum atomic E-state index is -4.29. The van der Waals surface area contributed by atoms with Crippen LogP contribution in [0.4, 0.5) is 0 Å². The number of hydrogen-bond donors (Lipinski definition) is 4. The lowest BCUT2D eigenvalue weighted by molar-refractivity contribution is -0.123. The molecule has 240 valence electrons. The number of phosphoric acid groups is 1. The minimum absolute atomic E-state index is 0.0917. The number of unbranched alkanes of at least 4 members (excludes halogenated alkanes) is 19. The van der Waals surface area contributed by atoms with E-state index in [1.807, 2.05) is 0 Å². The summed E-state index contributed by atoms with van der Waals surface area (Å²) in [5.74, 6) is -0.165. The Hall–Kier alpha value is -0.500. The number of aliphatic hydroxyl groups is 1. The van der Waals surface area contributed by atoms with Crippen molar-refractivity contribution in [3.63, 3.8) is 0 Å². The highest BCUT2D eigenvalue weighted by Gasteiger charge is 2.27. The summed E-state index contributed by atoms with van der Waals surface area (Å²) in [7, 11) is -4.29. The van der Waals surface area contributed by atoms with Crippen molar-refractivity contribution in [1.29, 1.82) is 0 Å². The zero-order chi connectivity index (χ0) is 29.7. The molecule has 0 aliphatic carbocycles. The van der Waals surface area contributed by atoms with Crippen molar-refractivity contribution in [2.24, 2.45) is 5.73 Å². The normalized spacial score (nSPS) is 14.6. The molecule has 0 heterocycles. The smallest absolute Gasteiger partial charge is 0.391 e. The van der Waals surface area contributed by atoms with Crippen LogP contribution in [0.2, 0.25) is 0 Å². The molecular weight excluding hydrogens is 527 g/mol. The second-order valence-corrected chi connectivity index (χ2v) is 12.8. The quantitative estimate of drug-likeness (QED) is 0.0475. The van der Waals surface area contributed by atoms with Crippen molar-refractivity contribution in [3.05, 3.63) is 0 Å². The standard InChI is InChI=1S/C31H65N2O6P/c1-3-5-7-9-11-13-15-16-18-20-22-24-30(34)29(28-39-40(36,37)38-27-26-32)33-31(35)25-23-21-19-17-14-12-10-8-6-4-2/h29-30,34H,3-28,32H2,1-2H3,(H,33,35)(H,36,37). The van der Waals surface area contributed by atoms with Crippen LogP contribution in [0.15, 0.2) is 0 Å². The first-order valence-corrected chi connectivity index (χ1v) is 18.1. The lowest BCUT2D eigenvalue weighted by Crippen LogP contribution is -2.46. The van der Waals surface area contributed by atoms with E-state index in [4.69, 9.17) is 14.8 Å². The molecule has 40 heavy (non-hydrogen) atoms. The van der Waals surface area contributed by atoms with E-state index in [2.05, 4.69) is 19.2 Å². The molecule has 0 radical (unpaired) electrons. The number of phosphoric ester groups is 1. The van der Waals surface area contributed by atoms with Crippen LogP contribution < -0.4 is 11.1 Å². The van der Waals surface area contributed by atoms with E-state index in [1.54, 1.807) is 0 Å².